The second-order valence-electron chi connectivity index (χ2n) is 12.5. The predicted molar refractivity (Wildman–Crippen MR) is 195 cm³/mol. The van der Waals surface area contributed by atoms with E-state index in [4.69, 9.17) is 31.3 Å². The Balaban J connectivity index is -0.000000293. The van der Waals surface area contributed by atoms with Crippen LogP contribution < -0.4 is 11.5 Å². The van der Waals surface area contributed by atoms with Gasteiger partial charge in [-0.05, 0) is 25.9 Å². The topological polar surface area (TPSA) is 127 Å². The molecule has 0 saturated heterocycles. The van der Waals surface area contributed by atoms with Crippen LogP contribution in [0.3, 0.4) is 0 Å². The first-order valence-corrected chi connectivity index (χ1v) is 19.1. The van der Waals surface area contributed by atoms with Gasteiger partial charge in [0.1, 0.15) is 0 Å². The van der Waals surface area contributed by atoms with Crippen molar-refractivity contribution in [1.29, 1.82) is 0 Å². The summed E-state index contributed by atoms with van der Waals surface area (Å²) in [5.74, 6) is -1.67. The zero-order valence-electron chi connectivity index (χ0n) is 30.5. The standard InChI is InChI=1S/C18H39N.C16H35N.2C2H4O2/c1-2-3-4-5-6-7-8-9-10-11-12-13-14-15-16-17-18-19;1-2-3-4-5-6-7-8-9-10-11-12-13-14-15-16-17;2*1-2(3)4/h2-19H2,1H3;2-17H2,1H3;2*1H3,(H,3,4). The monoisotopic (exact) mass is 631 g/mol. The molecule has 0 unspecified atom stereocenters. The lowest BCUT2D eigenvalue weighted by atomic mass is 10.0. The molecule has 6 N–H and O–H groups in total. The van der Waals surface area contributed by atoms with Crippen molar-refractivity contribution in [2.75, 3.05) is 13.1 Å². The van der Waals surface area contributed by atoms with E-state index in [2.05, 4.69) is 13.8 Å². The van der Waals surface area contributed by atoms with Crippen molar-refractivity contribution in [2.45, 2.75) is 220 Å². The van der Waals surface area contributed by atoms with Crippen molar-refractivity contribution in [3.63, 3.8) is 0 Å². The van der Waals surface area contributed by atoms with Crippen LogP contribution in [-0.4, -0.2) is 35.2 Å². The normalized spacial score (nSPS) is 10.1. The van der Waals surface area contributed by atoms with Crippen molar-refractivity contribution >= 4 is 11.9 Å². The Morgan fingerprint density at radius 2 is 0.455 bits per heavy atom. The molecule has 0 atom stereocenters. The molecular weight excluding hydrogens is 548 g/mol. The van der Waals surface area contributed by atoms with Crippen molar-refractivity contribution in [2.24, 2.45) is 11.5 Å². The van der Waals surface area contributed by atoms with Crippen LogP contribution in [0.2, 0.25) is 0 Å². The number of rotatable bonds is 30. The summed E-state index contributed by atoms with van der Waals surface area (Å²) in [7, 11) is 0. The summed E-state index contributed by atoms with van der Waals surface area (Å²) in [6.45, 7) is 8.49. The van der Waals surface area contributed by atoms with E-state index in [1.807, 2.05) is 0 Å². The van der Waals surface area contributed by atoms with Gasteiger partial charge in [-0.2, -0.15) is 0 Å². The molecule has 0 aliphatic rings. The second kappa shape index (κ2) is 51.4. The number of aliphatic carboxylic acids is 2. The van der Waals surface area contributed by atoms with Crippen molar-refractivity contribution < 1.29 is 19.8 Å². The van der Waals surface area contributed by atoms with Gasteiger partial charge in [-0.1, -0.05) is 194 Å². The number of hydrogen-bond acceptors (Lipinski definition) is 4. The van der Waals surface area contributed by atoms with Crippen molar-refractivity contribution in [3.05, 3.63) is 0 Å². The van der Waals surface area contributed by atoms with Crippen molar-refractivity contribution in [3.8, 4) is 0 Å². The Bertz CT molecular complexity index is 453. The lowest BCUT2D eigenvalue weighted by Gasteiger charge is -2.03. The first kappa shape index (κ1) is 49.7. The maximum absolute atomic E-state index is 9.00. The Kier molecular flexibility index (Phi) is 58.1. The maximum atomic E-state index is 9.00. The molecule has 0 amide bonds. The number of unbranched alkanes of at least 4 members (excludes halogenated alkanes) is 28. The molecule has 0 aromatic heterocycles. The minimum atomic E-state index is -0.833. The highest BCUT2D eigenvalue weighted by Crippen LogP contribution is 2.14. The molecule has 44 heavy (non-hydrogen) atoms. The number of carboxylic acids is 2. The van der Waals surface area contributed by atoms with Gasteiger partial charge in [-0.15, -0.1) is 0 Å². The summed E-state index contributed by atoms with van der Waals surface area (Å²) in [5.41, 5.74) is 11.0. The molecule has 0 aromatic rings. The molecule has 0 bridgehead atoms. The molecule has 6 nitrogen and oxygen atoms in total. The van der Waals surface area contributed by atoms with E-state index >= 15 is 0 Å². The largest absolute Gasteiger partial charge is 0.481 e. The van der Waals surface area contributed by atoms with Crippen LogP contribution in [0.5, 0.6) is 0 Å². The van der Waals surface area contributed by atoms with Gasteiger partial charge >= 0.3 is 0 Å². The number of carboxylic acid groups (broad SMARTS) is 2. The van der Waals surface area contributed by atoms with Crippen LogP contribution >= 0.6 is 0 Å². The zero-order valence-corrected chi connectivity index (χ0v) is 30.5. The highest BCUT2D eigenvalue weighted by Gasteiger charge is 1.95. The summed E-state index contributed by atoms with van der Waals surface area (Å²) < 4.78 is 0. The minimum Gasteiger partial charge on any atom is -0.481 e. The second-order valence-corrected chi connectivity index (χ2v) is 12.5. The summed E-state index contributed by atoms with van der Waals surface area (Å²) >= 11 is 0. The van der Waals surface area contributed by atoms with Gasteiger partial charge in [0.2, 0.25) is 0 Å². The molecule has 0 aliphatic heterocycles. The molecule has 0 saturated carbocycles. The van der Waals surface area contributed by atoms with Gasteiger partial charge in [0.05, 0.1) is 0 Å². The quantitative estimate of drug-likeness (QED) is 0.0585. The Morgan fingerprint density at radius 3 is 0.568 bits per heavy atom. The Hall–Kier alpha value is -1.14. The molecule has 0 aromatic carbocycles. The number of hydrogen-bond donors (Lipinski definition) is 4. The lowest BCUT2D eigenvalue weighted by Crippen LogP contribution is -1.97. The average molecular weight is 631 g/mol. The van der Waals surface area contributed by atoms with Gasteiger partial charge in [0.25, 0.3) is 11.9 Å². The smallest absolute Gasteiger partial charge is 0.300 e. The maximum Gasteiger partial charge on any atom is 0.300 e. The van der Waals surface area contributed by atoms with Crippen LogP contribution in [-0.2, 0) is 9.59 Å². The minimum absolute atomic E-state index is 0.833. The summed E-state index contributed by atoms with van der Waals surface area (Å²) in [5, 5.41) is 14.8. The van der Waals surface area contributed by atoms with Crippen molar-refractivity contribution in [1.82, 2.24) is 0 Å². The fourth-order valence-electron chi connectivity index (χ4n) is 5.03. The Morgan fingerprint density at radius 1 is 0.341 bits per heavy atom. The van der Waals surface area contributed by atoms with Gasteiger partial charge < -0.3 is 21.7 Å². The Labute approximate surface area is 276 Å². The molecule has 0 radical (unpaired) electrons. The van der Waals surface area contributed by atoms with Crippen LogP contribution in [0.25, 0.3) is 0 Å². The molecule has 0 heterocycles. The fraction of sp³-hybridized carbons (Fsp3) is 0.947. The summed E-state index contributed by atoms with van der Waals surface area (Å²) in [6.07, 6.45) is 42.7. The third-order valence-electron chi connectivity index (χ3n) is 7.62. The SMILES string of the molecule is CC(=O)O.CC(=O)O.CCCCCCCCCCCCCCCCCCN.CCCCCCCCCCCCCCCCN. The highest BCUT2D eigenvalue weighted by atomic mass is 16.4. The first-order valence-electron chi connectivity index (χ1n) is 19.1. The van der Waals surface area contributed by atoms with Gasteiger partial charge in [0, 0.05) is 13.8 Å². The fourth-order valence-corrected chi connectivity index (χ4v) is 5.03. The van der Waals surface area contributed by atoms with Gasteiger partial charge in [0.15, 0.2) is 0 Å². The summed E-state index contributed by atoms with van der Waals surface area (Å²) in [6, 6.07) is 0. The third-order valence-corrected chi connectivity index (χ3v) is 7.62. The van der Waals surface area contributed by atoms with E-state index in [-0.39, 0.29) is 0 Å². The van der Waals surface area contributed by atoms with Gasteiger partial charge in [-0.25, -0.2) is 0 Å². The molecule has 0 rings (SSSR count). The molecular formula is C38H82N2O4. The van der Waals surface area contributed by atoms with E-state index in [0.29, 0.717) is 0 Å². The average Bonchev–Trinajstić information content (AvgIpc) is 2.97. The van der Waals surface area contributed by atoms with E-state index in [9.17, 15) is 0 Å². The molecule has 268 valence electrons. The van der Waals surface area contributed by atoms with Crippen LogP contribution in [0, 0.1) is 0 Å². The van der Waals surface area contributed by atoms with E-state index in [1.54, 1.807) is 0 Å². The van der Waals surface area contributed by atoms with Crippen LogP contribution in [0.15, 0.2) is 0 Å². The van der Waals surface area contributed by atoms with Gasteiger partial charge in [-0.3, -0.25) is 9.59 Å². The molecule has 0 spiro atoms. The molecule has 0 fully saturated rings. The number of nitrogens with two attached hydrogens (primary N) is 2. The van der Waals surface area contributed by atoms with E-state index in [0.717, 1.165) is 26.9 Å². The van der Waals surface area contributed by atoms with Crippen LogP contribution in [0.1, 0.15) is 220 Å². The zero-order chi connectivity index (χ0) is 33.8. The predicted octanol–water partition coefficient (Wildman–Crippen LogP) is 11.8. The molecule has 6 heteroatoms. The molecule has 0 aliphatic carbocycles. The van der Waals surface area contributed by atoms with E-state index in [1.165, 1.54) is 193 Å². The first-order chi connectivity index (χ1) is 21.3. The summed E-state index contributed by atoms with van der Waals surface area (Å²) in [4.78, 5) is 18.0. The lowest BCUT2D eigenvalue weighted by molar-refractivity contribution is -0.135. The van der Waals surface area contributed by atoms with Crippen LogP contribution in [0.4, 0.5) is 0 Å². The highest BCUT2D eigenvalue weighted by molar-refractivity contribution is 5.63. The number of carbonyl (C=O) groups is 2. The third kappa shape index (κ3) is 77.9. The van der Waals surface area contributed by atoms with E-state index < -0.39 is 11.9 Å².